The molecule has 1 N–H and O–H groups in total. The third kappa shape index (κ3) is 3.43. The summed E-state index contributed by atoms with van der Waals surface area (Å²) >= 11 is 6.12. The number of benzene rings is 2. The Labute approximate surface area is 197 Å². The minimum Gasteiger partial charge on any atom is -0.503 e. The van der Waals surface area contributed by atoms with E-state index in [1.54, 1.807) is 31.2 Å². The first-order chi connectivity index (χ1) is 16.3. The Morgan fingerprint density at radius 1 is 1.12 bits per heavy atom. The number of aliphatic hydroxyl groups is 1. The smallest absolute Gasteiger partial charge is 0.294 e. The molecular formula is C25H17ClFNO6. The van der Waals surface area contributed by atoms with Crippen LogP contribution in [0.4, 0.5) is 10.1 Å². The minimum absolute atomic E-state index is 0.126. The fraction of sp³-hybridized carbons (Fsp3) is 0.120. The predicted molar refractivity (Wildman–Crippen MR) is 122 cm³/mol. The van der Waals surface area contributed by atoms with Gasteiger partial charge in [0.1, 0.15) is 23.4 Å². The molecule has 1 unspecified atom stereocenters. The molecule has 1 aliphatic heterocycles. The van der Waals surface area contributed by atoms with Crippen molar-refractivity contribution in [2.75, 3.05) is 12.0 Å². The highest BCUT2D eigenvalue weighted by Gasteiger charge is 2.47. The summed E-state index contributed by atoms with van der Waals surface area (Å²) < 4.78 is 30.3. The van der Waals surface area contributed by atoms with Crippen LogP contribution in [0.25, 0.3) is 11.0 Å². The lowest BCUT2D eigenvalue weighted by Gasteiger charge is -2.24. The number of fused-ring (bicyclic) bond motifs is 1. The van der Waals surface area contributed by atoms with Gasteiger partial charge in [0.15, 0.2) is 22.9 Å². The number of rotatable bonds is 5. The number of nitrogens with zero attached hydrogens (tertiary/aromatic N) is 1. The van der Waals surface area contributed by atoms with Gasteiger partial charge in [-0.1, -0.05) is 11.6 Å². The number of carbonyl (C=O) groups excluding carboxylic acids is 2. The Bertz CT molecular complexity index is 1480. The number of carbonyl (C=O) groups is 2. The van der Waals surface area contributed by atoms with Crippen molar-refractivity contribution in [3.8, 4) is 5.75 Å². The maximum atomic E-state index is 13.6. The average molecular weight is 482 g/mol. The molecule has 2 aromatic carbocycles. The van der Waals surface area contributed by atoms with Crippen LogP contribution in [0.2, 0.25) is 5.02 Å². The van der Waals surface area contributed by atoms with Crippen LogP contribution in [0, 0.1) is 12.7 Å². The standard InChI is InChI=1S/C25H17ClFNO6/c1-12-3-8-17(33-12)21-20(23(30)25(31)28(21)16-6-4-15(27)5-7-16)22(29)18-10-13-9-14(26)11-19(32-2)24(13)34-18/h3-11,21,30H,1-2H3. The lowest BCUT2D eigenvalue weighted by atomic mass is 9.99. The van der Waals surface area contributed by atoms with Gasteiger partial charge in [-0.05, 0) is 55.5 Å². The molecule has 172 valence electrons. The topological polar surface area (TPSA) is 93.1 Å². The summed E-state index contributed by atoms with van der Waals surface area (Å²) in [7, 11) is 1.44. The summed E-state index contributed by atoms with van der Waals surface area (Å²) in [6, 6.07) is 11.9. The van der Waals surface area contributed by atoms with Crippen LogP contribution in [0.3, 0.4) is 0 Å². The maximum Gasteiger partial charge on any atom is 0.294 e. The number of hydrogen-bond donors (Lipinski definition) is 1. The van der Waals surface area contributed by atoms with Crippen LogP contribution in [0.15, 0.2) is 74.8 Å². The zero-order valence-corrected chi connectivity index (χ0v) is 18.7. The highest BCUT2D eigenvalue weighted by molar-refractivity contribution is 6.31. The molecule has 7 nitrogen and oxygen atoms in total. The van der Waals surface area contributed by atoms with Gasteiger partial charge in [-0.25, -0.2) is 4.39 Å². The van der Waals surface area contributed by atoms with E-state index < -0.39 is 29.3 Å². The number of hydrogen-bond acceptors (Lipinski definition) is 6. The van der Waals surface area contributed by atoms with Gasteiger partial charge in [0.2, 0.25) is 5.78 Å². The molecule has 0 spiro atoms. The van der Waals surface area contributed by atoms with Crippen LogP contribution in [0.5, 0.6) is 5.75 Å². The average Bonchev–Trinajstić information content (AvgIpc) is 3.50. The summed E-state index contributed by atoms with van der Waals surface area (Å²) in [5.74, 6) is -1.80. The number of anilines is 1. The summed E-state index contributed by atoms with van der Waals surface area (Å²) in [5.41, 5.74) is 0.339. The van der Waals surface area contributed by atoms with Crippen molar-refractivity contribution < 1.29 is 32.7 Å². The number of amides is 1. The molecule has 0 bridgehead atoms. The second-order valence-corrected chi connectivity index (χ2v) is 8.17. The summed E-state index contributed by atoms with van der Waals surface area (Å²) in [4.78, 5) is 27.9. The van der Waals surface area contributed by atoms with Crippen molar-refractivity contribution in [3.63, 3.8) is 0 Å². The number of Topliss-reactive ketones (excluding diaryl/α,β-unsaturated/α-hetero) is 1. The van der Waals surface area contributed by atoms with Gasteiger partial charge in [-0.2, -0.15) is 0 Å². The molecule has 0 saturated heterocycles. The Hall–Kier alpha value is -4.04. The van der Waals surface area contributed by atoms with E-state index in [1.807, 2.05) is 0 Å². The largest absolute Gasteiger partial charge is 0.503 e. The lowest BCUT2D eigenvalue weighted by Crippen LogP contribution is -2.30. The third-order valence-electron chi connectivity index (χ3n) is 5.58. The minimum atomic E-state index is -1.10. The van der Waals surface area contributed by atoms with E-state index in [0.29, 0.717) is 27.5 Å². The first-order valence-corrected chi connectivity index (χ1v) is 10.6. The van der Waals surface area contributed by atoms with Gasteiger partial charge < -0.3 is 18.7 Å². The first kappa shape index (κ1) is 21.8. The SMILES string of the molecule is COc1cc(Cl)cc2cc(C(=O)C3=C(O)C(=O)N(c4ccc(F)cc4)C3c3ccc(C)o3)oc12. The van der Waals surface area contributed by atoms with Gasteiger partial charge in [0.25, 0.3) is 5.91 Å². The highest BCUT2D eigenvalue weighted by atomic mass is 35.5. The molecule has 34 heavy (non-hydrogen) atoms. The number of aliphatic hydroxyl groups excluding tert-OH is 1. The van der Waals surface area contributed by atoms with Crippen LogP contribution in [-0.2, 0) is 4.79 Å². The van der Waals surface area contributed by atoms with Gasteiger partial charge in [-0.15, -0.1) is 0 Å². The molecule has 1 aliphatic rings. The van der Waals surface area contributed by atoms with Gasteiger partial charge >= 0.3 is 0 Å². The van der Waals surface area contributed by atoms with Crippen molar-refractivity contribution in [3.05, 3.63) is 94.1 Å². The number of ether oxygens (including phenoxy) is 1. The van der Waals surface area contributed by atoms with Gasteiger partial charge in [-0.3, -0.25) is 14.5 Å². The van der Waals surface area contributed by atoms with Crippen molar-refractivity contribution in [2.24, 2.45) is 0 Å². The van der Waals surface area contributed by atoms with Gasteiger partial charge in [0.05, 0.1) is 12.7 Å². The van der Waals surface area contributed by atoms with E-state index in [9.17, 15) is 19.1 Å². The first-order valence-electron chi connectivity index (χ1n) is 10.2. The van der Waals surface area contributed by atoms with Crippen molar-refractivity contribution in [2.45, 2.75) is 13.0 Å². The summed E-state index contributed by atoms with van der Waals surface area (Å²) in [6.07, 6.45) is 0. The molecule has 0 fully saturated rings. The highest BCUT2D eigenvalue weighted by Crippen LogP contribution is 2.43. The zero-order valence-electron chi connectivity index (χ0n) is 18.0. The molecule has 2 aromatic heterocycles. The van der Waals surface area contributed by atoms with E-state index in [-0.39, 0.29) is 22.8 Å². The number of furan rings is 2. The Morgan fingerprint density at radius 3 is 2.50 bits per heavy atom. The van der Waals surface area contributed by atoms with Crippen LogP contribution >= 0.6 is 11.6 Å². The van der Waals surface area contributed by atoms with Crippen molar-refractivity contribution in [1.82, 2.24) is 0 Å². The maximum absolute atomic E-state index is 13.6. The lowest BCUT2D eigenvalue weighted by molar-refractivity contribution is -0.117. The van der Waals surface area contributed by atoms with Gasteiger partial charge in [0, 0.05) is 22.2 Å². The zero-order chi connectivity index (χ0) is 24.1. The molecule has 1 amide bonds. The molecule has 1 atom stereocenters. The molecule has 9 heteroatoms. The number of halogens is 2. The fourth-order valence-electron chi connectivity index (χ4n) is 4.06. The molecule has 3 heterocycles. The quantitative estimate of drug-likeness (QED) is 0.356. The Kier molecular flexibility index (Phi) is 5.17. The van der Waals surface area contributed by atoms with Crippen LogP contribution in [-0.4, -0.2) is 23.9 Å². The molecule has 0 radical (unpaired) electrons. The van der Waals surface area contributed by atoms with Crippen LogP contribution in [0.1, 0.15) is 28.1 Å². The molecule has 0 aliphatic carbocycles. The van der Waals surface area contributed by atoms with E-state index in [0.717, 1.165) is 0 Å². The molecule has 4 aromatic rings. The number of aryl methyl sites for hydroxylation is 1. The summed E-state index contributed by atoms with van der Waals surface area (Å²) in [6.45, 7) is 1.71. The predicted octanol–water partition coefficient (Wildman–Crippen LogP) is 5.92. The molecule has 0 saturated carbocycles. The van der Waals surface area contributed by atoms with E-state index in [2.05, 4.69) is 0 Å². The van der Waals surface area contributed by atoms with Crippen LogP contribution < -0.4 is 9.64 Å². The second-order valence-electron chi connectivity index (χ2n) is 7.73. The van der Waals surface area contributed by atoms with Crippen molar-refractivity contribution >= 4 is 39.9 Å². The molecule has 5 rings (SSSR count). The fourth-order valence-corrected chi connectivity index (χ4v) is 4.27. The Morgan fingerprint density at radius 2 is 1.85 bits per heavy atom. The summed E-state index contributed by atoms with van der Waals surface area (Å²) in [5, 5.41) is 11.7. The normalized spacial score (nSPS) is 16.1. The van der Waals surface area contributed by atoms with E-state index in [1.165, 1.54) is 42.3 Å². The van der Waals surface area contributed by atoms with E-state index in [4.69, 9.17) is 25.2 Å². The number of methoxy groups -OCH3 is 1. The Balaban J connectivity index is 1.65. The molecular weight excluding hydrogens is 465 g/mol. The number of ketones is 1. The second kappa shape index (κ2) is 8.07. The van der Waals surface area contributed by atoms with E-state index >= 15 is 0 Å². The monoisotopic (exact) mass is 481 g/mol. The third-order valence-corrected chi connectivity index (χ3v) is 5.80. The van der Waals surface area contributed by atoms with Crippen molar-refractivity contribution in [1.29, 1.82) is 0 Å².